The number of aliphatic imine (C=N–C) groups is 1. The molecule has 184 valence electrons. The normalized spacial score (nSPS) is 19.7. The van der Waals surface area contributed by atoms with Crippen molar-refractivity contribution in [2.75, 3.05) is 36.5 Å². The molecule has 10 nitrogen and oxygen atoms in total. The third-order valence-corrected chi connectivity index (χ3v) is 6.81. The first-order valence-electron chi connectivity index (χ1n) is 11.7. The van der Waals surface area contributed by atoms with E-state index in [1.54, 1.807) is 29.0 Å². The molecule has 1 aromatic carbocycles. The van der Waals surface area contributed by atoms with E-state index in [0.29, 0.717) is 45.4 Å². The van der Waals surface area contributed by atoms with Crippen LogP contribution in [0.5, 0.6) is 0 Å². The van der Waals surface area contributed by atoms with Gasteiger partial charge in [-0.05, 0) is 31.9 Å². The first kappa shape index (κ1) is 23.1. The maximum atomic E-state index is 15.1. The van der Waals surface area contributed by atoms with Gasteiger partial charge in [0.05, 0.1) is 24.1 Å². The molecule has 2 aliphatic heterocycles. The van der Waals surface area contributed by atoms with E-state index in [0.717, 1.165) is 11.4 Å². The molecule has 0 radical (unpaired) electrons. The second-order valence-corrected chi connectivity index (χ2v) is 9.07. The largest absolute Gasteiger partial charge is 0.367 e. The Morgan fingerprint density at radius 3 is 2.57 bits per heavy atom. The Bertz CT molecular complexity index is 1210. The van der Waals surface area contributed by atoms with Gasteiger partial charge in [0, 0.05) is 57.4 Å². The Morgan fingerprint density at radius 1 is 1.17 bits per heavy atom. The number of piperidine rings is 1. The van der Waals surface area contributed by atoms with Gasteiger partial charge >= 0.3 is 0 Å². The highest BCUT2D eigenvalue weighted by atomic mass is 19.1. The number of hydrogen-bond donors (Lipinski definition) is 0. The first-order chi connectivity index (χ1) is 16.9. The van der Waals surface area contributed by atoms with Gasteiger partial charge in [-0.25, -0.2) is 13.5 Å². The van der Waals surface area contributed by atoms with Crippen molar-refractivity contribution in [2.24, 2.45) is 10.9 Å². The van der Waals surface area contributed by atoms with Crippen molar-refractivity contribution in [3.05, 3.63) is 48.1 Å². The molecule has 0 aliphatic carbocycles. The van der Waals surface area contributed by atoms with Crippen molar-refractivity contribution in [2.45, 2.75) is 38.8 Å². The zero-order chi connectivity index (χ0) is 24.5. The lowest BCUT2D eigenvalue weighted by molar-refractivity contribution is -0.117. The summed E-state index contributed by atoms with van der Waals surface area (Å²) in [6, 6.07) is 2.62. The summed E-state index contributed by atoms with van der Waals surface area (Å²) in [6.45, 7) is 3.74. The van der Waals surface area contributed by atoms with E-state index in [2.05, 4.69) is 25.6 Å². The molecule has 4 heterocycles. The third kappa shape index (κ3) is 4.64. The fourth-order valence-corrected chi connectivity index (χ4v) is 4.85. The summed E-state index contributed by atoms with van der Waals surface area (Å²) in [5.41, 5.74) is 1.72. The predicted octanol–water partition coefficient (Wildman–Crippen LogP) is 2.48. The number of rotatable bonds is 6. The van der Waals surface area contributed by atoms with E-state index in [4.69, 9.17) is 0 Å². The Balaban J connectivity index is 1.25. The molecule has 35 heavy (non-hydrogen) atoms. The summed E-state index contributed by atoms with van der Waals surface area (Å²) in [6.07, 6.45) is 6.83. The number of benzene rings is 1. The van der Waals surface area contributed by atoms with Crippen LogP contribution in [0.2, 0.25) is 0 Å². The topological polar surface area (TPSA) is 97.3 Å². The molecule has 0 spiro atoms. The van der Waals surface area contributed by atoms with Gasteiger partial charge in [0.2, 0.25) is 5.91 Å². The van der Waals surface area contributed by atoms with Crippen LogP contribution in [0.15, 0.2) is 35.7 Å². The number of amides is 1. The Kier molecular flexibility index (Phi) is 6.27. The molecule has 3 aromatic rings. The van der Waals surface area contributed by atoms with Crippen LogP contribution in [-0.4, -0.2) is 68.3 Å². The van der Waals surface area contributed by atoms with E-state index in [1.807, 2.05) is 17.8 Å². The molecule has 1 amide bonds. The minimum absolute atomic E-state index is 0.00119. The number of aromatic nitrogens is 6. The van der Waals surface area contributed by atoms with Crippen LogP contribution in [0.25, 0.3) is 0 Å². The lowest BCUT2D eigenvalue weighted by atomic mass is 10.0. The highest BCUT2D eigenvalue weighted by Gasteiger charge is 2.33. The van der Waals surface area contributed by atoms with Gasteiger partial charge in [-0.2, -0.15) is 0 Å². The van der Waals surface area contributed by atoms with Crippen molar-refractivity contribution in [1.29, 1.82) is 0 Å². The molecule has 5 rings (SSSR count). The molecule has 1 unspecified atom stereocenters. The average molecular weight is 484 g/mol. The molecule has 0 N–H and O–H groups in total. The Hall–Kier alpha value is -3.70. The summed E-state index contributed by atoms with van der Waals surface area (Å²) in [4.78, 5) is 19.9. The standard InChI is InChI=1S/C23H27F2N9O/c1-15(26-2)21-14-34(30-28-21)17-3-6-31(7-4-17)23-19(24)10-18(11-20(23)25)33-13-16(9-22(33)35)12-32-8-5-27-29-32/h5,8,10-11,14,16-17H,3-4,6-7,9,12-13H2,1-2H3. The number of carbonyl (C=O) groups excluding carboxylic acids is 1. The Labute approximate surface area is 201 Å². The number of halogens is 2. The minimum atomic E-state index is -0.663. The highest BCUT2D eigenvalue weighted by Crippen LogP contribution is 2.34. The van der Waals surface area contributed by atoms with Crippen LogP contribution in [0.1, 0.15) is 37.9 Å². The van der Waals surface area contributed by atoms with Crippen LogP contribution < -0.4 is 9.80 Å². The average Bonchev–Trinajstić information content (AvgIpc) is 3.60. The van der Waals surface area contributed by atoms with E-state index in [9.17, 15) is 4.79 Å². The molecule has 0 bridgehead atoms. The van der Waals surface area contributed by atoms with E-state index in [1.165, 1.54) is 17.0 Å². The second-order valence-electron chi connectivity index (χ2n) is 9.07. The Morgan fingerprint density at radius 2 is 1.91 bits per heavy atom. The number of hydrogen-bond acceptors (Lipinski definition) is 7. The summed E-state index contributed by atoms with van der Waals surface area (Å²) < 4.78 is 33.8. The van der Waals surface area contributed by atoms with E-state index in [-0.39, 0.29) is 29.2 Å². The van der Waals surface area contributed by atoms with Crippen molar-refractivity contribution in [3.63, 3.8) is 0 Å². The van der Waals surface area contributed by atoms with Crippen LogP contribution >= 0.6 is 0 Å². The zero-order valence-corrected chi connectivity index (χ0v) is 19.7. The van der Waals surface area contributed by atoms with Gasteiger partial charge in [-0.3, -0.25) is 14.5 Å². The van der Waals surface area contributed by atoms with Gasteiger partial charge in [0.25, 0.3) is 0 Å². The molecule has 0 saturated carbocycles. The molecule has 1 atom stereocenters. The third-order valence-electron chi connectivity index (χ3n) is 6.81. The van der Waals surface area contributed by atoms with E-state index >= 15 is 8.78 Å². The smallest absolute Gasteiger partial charge is 0.227 e. The van der Waals surface area contributed by atoms with Gasteiger partial charge in [0.1, 0.15) is 11.4 Å². The van der Waals surface area contributed by atoms with Crippen molar-refractivity contribution in [1.82, 2.24) is 30.0 Å². The fraction of sp³-hybridized carbons (Fsp3) is 0.478. The van der Waals surface area contributed by atoms with Crippen LogP contribution in [0, 0.1) is 17.6 Å². The lowest BCUT2D eigenvalue weighted by Gasteiger charge is -2.34. The number of nitrogens with zero attached hydrogens (tertiary/aromatic N) is 9. The maximum absolute atomic E-state index is 15.1. The summed E-state index contributed by atoms with van der Waals surface area (Å²) >= 11 is 0. The highest BCUT2D eigenvalue weighted by molar-refractivity contribution is 5.96. The van der Waals surface area contributed by atoms with Crippen molar-refractivity contribution < 1.29 is 13.6 Å². The minimum Gasteiger partial charge on any atom is -0.367 e. The summed E-state index contributed by atoms with van der Waals surface area (Å²) in [7, 11) is 1.71. The number of carbonyl (C=O) groups is 1. The predicted molar refractivity (Wildman–Crippen MR) is 125 cm³/mol. The van der Waals surface area contributed by atoms with Crippen LogP contribution in [-0.2, 0) is 11.3 Å². The molecular formula is C23H27F2N9O. The quantitative estimate of drug-likeness (QED) is 0.500. The molecule has 2 aliphatic rings. The number of anilines is 2. The van der Waals surface area contributed by atoms with E-state index < -0.39 is 11.6 Å². The first-order valence-corrected chi connectivity index (χ1v) is 11.7. The molecular weight excluding hydrogens is 456 g/mol. The monoisotopic (exact) mass is 483 g/mol. The fourth-order valence-electron chi connectivity index (χ4n) is 4.85. The molecule has 2 fully saturated rings. The van der Waals surface area contributed by atoms with Crippen LogP contribution in [0.3, 0.4) is 0 Å². The summed E-state index contributed by atoms with van der Waals surface area (Å²) in [5.74, 6) is -1.48. The van der Waals surface area contributed by atoms with Crippen molar-refractivity contribution >= 4 is 23.0 Å². The molecule has 12 heteroatoms. The van der Waals surface area contributed by atoms with Gasteiger partial charge in [-0.1, -0.05) is 10.4 Å². The van der Waals surface area contributed by atoms with Crippen molar-refractivity contribution in [3.8, 4) is 0 Å². The zero-order valence-electron chi connectivity index (χ0n) is 19.7. The van der Waals surface area contributed by atoms with Gasteiger partial charge < -0.3 is 9.80 Å². The summed E-state index contributed by atoms with van der Waals surface area (Å²) in [5, 5.41) is 16.1. The lowest BCUT2D eigenvalue weighted by Crippen LogP contribution is -2.36. The molecule has 2 saturated heterocycles. The SMILES string of the molecule is CN=C(C)c1cn(C2CCN(c3c(F)cc(N4CC(Cn5ccnn5)CC4=O)cc3F)CC2)nn1. The maximum Gasteiger partial charge on any atom is 0.227 e. The second kappa shape index (κ2) is 9.51. The van der Waals surface area contributed by atoms with Gasteiger partial charge in [0.15, 0.2) is 11.6 Å². The molecule has 2 aromatic heterocycles. The van der Waals surface area contributed by atoms with Crippen LogP contribution in [0.4, 0.5) is 20.2 Å². The van der Waals surface area contributed by atoms with Gasteiger partial charge in [-0.15, -0.1) is 10.2 Å².